The Hall–Kier alpha value is -2.30. The summed E-state index contributed by atoms with van der Waals surface area (Å²) >= 11 is 0. The summed E-state index contributed by atoms with van der Waals surface area (Å²) in [6.07, 6.45) is 10.7. The van der Waals surface area contributed by atoms with Crippen LogP contribution in [0.1, 0.15) is 71.9 Å². The fourth-order valence-corrected chi connectivity index (χ4v) is 3.96. The van der Waals surface area contributed by atoms with Crippen molar-refractivity contribution < 1.29 is 9.47 Å². The molecule has 0 saturated heterocycles. The maximum atomic E-state index is 6.11. The second-order valence-electron chi connectivity index (χ2n) is 8.09. The Kier molecular flexibility index (Phi) is 7.73. The van der Waals surface area contributed by atoms with Crippen LogP contribution in [0.5, 0.6) is 11.5 Å². The lowest BCUT2D eigenvalue weighted by Gasteiger charge is -2.21. The predicted molar refractivity (Wildman–Crippen MR) is 120 cm³/mol. The first-order valence-electron chi connectivity index (χ1n) is 11.1. The van der Waals surface area contributed by atoms with Crippen molar-refractivity contribution in [3.05, 3.63) is 23.9 Å². The number of hydrogen-bond donors (Lipinski definition) is 1. The molecule has 3 rings (SSSR count). The number of imidazole rings is 1. The van der Waals surface area contributed by atoms with E-state index >= 15 is 0 Å². The first kappa shape index (κ1) is 21.4. The molecule has 0 spiro atoms. The summed E-state index contributed by atoms with van der Waals surface area (Å²) in [7, 11) is 0. The Balaban J connectivity index is 1.80. The molecule has 0 aliphatic heterocycles. The summed E-state index contributed by atoms with van der Waals surface area (Å²) in [5.41, 5.74) is 1.94. The predicted octanol–water partition coefficient (Wildman–Crippen LogP) is 6.50. The van der Waals surface area contributed by atoms with E-state index in [4.69, 9.17) is 14.5 Å². The summed E-state index contributed by atoms with van der Waals surface area (Å²) in [4.78, 5) is 12.5. The quantitative estimate of drug-likeness (QED) is 0.491. The maximum Gasteiger partial charge on any atom is 0.173 e. The van der Waals surface area contributed by atoms with Gasteiger partial charge in [-0.25, -0.2) is 9.98 Å². The molecular weight excluding hydrogens is 362 g/mol. The van der Waals surface area contributed by atoms with E-state index in [0.29, 0.717) is 0 Å². The third kappa shape index (κ3) is 5.84. The third-order valence-corrected chi connectivity index (χ3v) is 5.45. The largest absolute Gasteiger partial charge is 0.494 e. The molecule has 29 heavy (non-hydrogen) atoms. The zero-order valence-electron chi connectivity index (χ0n) is 18.3. The van der Waals surface area contributed by atoms with Gasteiger partial charge in [0, 0.05) is 6.21 Å². The Labute approximate surface area is 175 Å². The number of aliphatic imine (C=N–C) groups is 1. The number of aryl methyl sites for hydroxylation is 1. The van der Waals surface area contributed by atoms with Gasteiger partial charge in [0.05, 0.1) is 24.0 Å². The van der Waals surface area contributed by atoms with Crippen molar-refractivity contribution in [1.82, 2.24) is 9.97 Å². The highest BCUT2D eigenvalue weighted by Gasteiger charge is 2.17. The lowest BCUT2D eigenvalue weighted by atomic mass is 9.87. The van der Waals surface area contributed by atoms with Gasteiger partial charge in [-0.3, -0.25) is 0 Å². The van der Waals surface area contributed by atoms with Crippen LogP contribution in [0.25, 0.3) is 11.4 Å². The number of aromatic nitrogens is 2. The molecule has 1 fully saturated rings. The fraction of sp³-hybridized carbons (Fsp3) is 0.583. The summed E-state index contributed by atoms with van der Waals surface area (Å²) in [6, 6.07) is 6.02. The summed E-state index contributed by atoms with van der Waals surface area (Å²) < 4.78 is 12.2. The van der Waals surface area contributed by atoms with E-state index < -0.39 is 0 Å². The molecule has 0 bridgehead atoms. The van der Waals surface area contributed by atoms with Crippen LogP contribution in [-0.2, 0) is 6.42 Å². The number of nitrogens with one attached hydrogen (secondary N) is 1. The van der Waals surface area contributed by atoms with Crippen molar-refractivity contribution in [1.29, 1.82) is 0 Å². The van der Waals surface area contributed by atoms with Gasteiger partial charge in [0.1, 0.15) is 17.3 Å². The van der Waals surface area contributed by atoms with Crippen molar-refractivity contribution in [3.63, 3.8) is 0 Å². The van der Waals surface area contributed by atoms with Crippen LogP contribution in [0.15, 0.2) is 23.2 Å². The average Bonchev–Trinajstić information content (AvgIpc) is 3.12. The lowest BCUT2D eigenvalue weighted by Crippen LogP contribution is -2.11. The Morgan fingerprint density at radius 2 is 2.03 bits per heavy atom. The monoisotopic (exact) mass is 397 g/mol. The molecule has 0 amide bonds. The highest BCUT2D eigenvalue weighted by atomic mass is 16.5. The molecule has 1 aromatic carbocycles. The second kappa shape index (κ2) is 10.5. The van der Waals surface area contributed by atoms with E-state index in [9.17, 15) is 0 Å². The van der Waals surface area contributed by atoms with Crippen LogP contribution in [0.4, 0.5) is 5.82 Å². The number of nitrogens with zero attached hydrogens (tertiary/aromatic N) is 2. The van der Waals surface area contributed by atoms with Gasteiger partial charge >= 0.3 is 0 Å². The Bertz CT molecular complexity index is 804. The van der Waals surface area contributed by atoms with Gasteiger partial charge in [0.2, 0.25) is 0 Å². The summed E-state index contributed by atoms with van der Waals surface area (Å²) in [6.45, 7) is 8.83. The first-order valence-corrected chi connectivity index (χ1v) is 11.1. The van der Waals surface area contributed by atoms with E-state index in [2.05, 4.69) is 16.9 Å². The van der Waals surface area contributed by atoms with Gasteiger partial charge in [-0.05, 0) is 57.7 Å². The van der Waals surface area contributed by atoms with E-state index in [-0.39, 0.29) is 6.10 Å². The van der Waals surface area contributed by atoms with Gasteiger partial charge in [0.25, 0.3) is 0 Å². The third-order valence-electron chi connectivity index (χ3n) is 5.45. The Morgan fingerprint density at radius 1 is 1.24 bits per heavy atom. The van der Waals surface area contributed by atoms with Crippen molar-refractivity contribution in [2.45, 2.75) is 78.7 Å². The molecule has 1 heterocycles. The van der Waals surface area contributed by atoms with E-state index in [1.165, 1.54) is 32.1 Å². The van der Waals surface area contributed by atoms with E-state index in [1.807, 2.05) is 39.0 Å². The van der Waals surface area contributed by atoms with Gasteiger partial charge in [-0.2, -0.15) is 0 Å². The van der Waals surface area contributed by atoms with Crippen molar-refractivity contribution >= 4 is 12.0 Å². The number of hydrogen-bond acceptors (Lipinski definition) is 4. The minimum atomic E-state index is 0.0839. The molecule has 158 valence electrons. The zero-order chi connectivity index (χ0) is 20.6. The molecule has 2 aromatic rings. The van der Waals surface area contributed by atoms with E-state index in [1.54, 1.807) is 6.21 Å². The van der Waals surface area contributed by atoms with Gasteiger partial charge in [0.15, 0.2) is 5.82 Å². The molecule has 0 atom stereocenters. The van der Waals surface area contributed by atoms with Crippen molar-refractivity contribution in [2.24, 2.45) is 10.9 Å². The van der Waals surface area contributed by atoms with Crippen LogP contribution in [0, 0.1) is 5.92 Å². The first-order chi connectivity index (χ1) is 14.1. The molecular formula is C24H35N3O2. The Morgan fingerprint density at radius 3 is 2.72 bits per heavy atom. The molecule has 5 nitrogen and oxygen atoms in total. The van der Waals surface area contributed by atoms with Crippen LogP contribution in [-0.4, -0.2) is 28.9 Å². The molecule has 0 unspecified atom stereocenters. The number of H-pyrrole nitrogens is 1. The number of benzene rings is 1. The van der Waals surface area contributed by atoms with Gasteiger partial charge < -0.3 is 14.5 Å². The number of rotatable bonds is 9. The zero-order valence-corrected chi connectivity index (χ0v) is 18.3. The molecule has 5 heteroatoms. The smallest absolute Gasteiger partial charge is 0.173 e. The standard InChI is InChI=1S/C24H35N3O2/c1-5-21-24(25-6-2)27-23(26-21)20-16-19(12-13-22(20)29-17(3)4)28-15-14-18-10-8-7-9-11-18/h6,12-13,16-18H,5,7-11,14-15H2,1-4H3,(H,26,27)/b25-6-. The average molecular weight is 398 g/mol. The molecule has 1 aliphatic rings. The highest BCUT2D eigenvalue weighted by Crippen LogP contribution is 2.35. The van der Waals surface area contributed by atoms with E-state index in [0.717, 1.165) is 59.8 Å². The highest BCUT2D eigenvalue weighted by molar-refractivity contribution is 5.69. The molecule has 1 aliphatic carbocycles. The molecule has 1 saturated carbocycles. The minimum Gasteiger partial charge on any atom is -0.494 e. The van der Waals surface area contributed by atoms with Crippen molar-refractivity contribution in [2.75, 3.05) is 6.61 Å². The summed E-state index contributed by atoms with van der Waals surface area (Å²) in [5.74, 6) is 4.00. The maximum absolute atomic E-state index is 6.11. The van der Waals surface area contributed by atoms with Crippen molar-refractivity contribution in [3.8, 4) is 22.9 Å². The van der Waals surface area contributed by atoms with Gasteiger partial charge in [-0.1, -0.05) is 39.0 Å². The minimum absolute atomic E-state index is 0.0839. The van der Waals surface area contributed by atoms with Gasteiger partial charge in [-0.15, -0.1) is 0 Å². The lowest BCUT2D eigenvalue weighted by molar-refractivity contribution is 0.239. The number of aromatic amines is 1. The van der Waals surface area contributed by atoms with Crippen LogP contribution >= 0.6 is 0 Å². The van der Waals surface area contributed by atoms with Crippen LogP contribution in [0.3, 0.4) is 0 Å². The summed E-state index contributed by atoms with van der Waals surface area (Å²) in [5, 5.41) is 0. The van der Waals surface area contributed by atoms with Crippen LogP contribution < -0.4 is 9.47 Å². The molecule has 1 aromatic heterocycles. The van der Waals surface area contributed by atoms with Crippen LogP contribution in [0.2, 0.25) is 0 Å². The SMILES string of the molecule is C/C=N\c1nc(-c2cc(OCCC3CCCCC3)ccc2OC(C)C)[nH]c1CC. The molecule has 1 N–H and O–H groups in total. The molecule has 0 radical (unpaired) electrons. The second-order valence-corrected chi connectivity index (χ2v) is 8.09. The normalized spacial score (nSPS) is 15.3. The topological polar surface area (TPSA) is 59.5 Å². The number of ether oxygens (including phenoxy) is 2. The fourth-order valence-electron chi connectivity index (χ4n) is 3.96.